The number of hydrogen-bond donors (Lipinski definition) is 2. The standard InChI is InChI=1S/C25H21ClF3N3O2/c1-32-20(12-22(31-32)25(27,28)29)19-10-11-21(34-14-16-4-8-18(26)9-5-16)23(24(19)33)17-6-2-15(13-30)3-7-17/h2-12,33H,13-14,30H2,1H3. The van der Waals surface area contributed by atoms with Gasteiger partial charge in [-0.3, -0.25) is 4.68 Å². The Hall–Kier alpha value is -3.49. The average Bonchev–Trinajstić information content (AvgIpc) is 3.21. The van der Waals surface area contributed by atoms with Crippen LogP contribution in [0.3, 0.4) is 0 Å². The zero-order valence-corrected chi connectivity index (χ0v) is 18.9. The van der Waals surface area contributed by atoms with Crippen LogP contribution in [0.2, 0.25) is 5.02 Å². The fourth-order valence-electron chi connectivity index (χ4n) is 3.59. The lowest BCUT2D eigenvalue weighted by Crippen LogP contribution is -2.06. The van der Waals surface area contributed by atoms with Gasteiger partial charge in [0.2, 0.25) is 0 Å². The lowest BCUT2D eigenvalue weighted by Gasteiger charge is -2.17. The maximum Gasteiger partial charge on any atom is 0.435 e. The molecule has 0 saturated carbocycles. The van der Waals surface area contributed by atoms with Gasteiger partial charge in [0.15, 0.2) is 5.69 Å². The fourth-order valence-corrected chi connectivity index (χ4v) is 3.71. The molecule has 3 N–H and O–H groups in total. The SMILES string of the molecule is Cn1nc(C(F)(F)F)cc1-c1ccc(OCc2ccc(Cl)cc2)c(-c2ccc(CN)cc2)c1O. The van der Waals surface area contributed by atoms with Crippen LogP contribution in [0.5, 0.6) is 11.5 Å². The van der Waals surface area contributed by atoms with Crippen molar-refractivity contribution < 1.29 is 23.0 Å². The summed E-state index contributed by atoms with van der Waals surface area (Å²) in [4.78, 5) is 0. The number of phenolic OH excluding ortho intramolecular Hbond substituents is 1. The predicted molar refractivity (Wildman–Crippen MR) is 124 cm³/mol. The van der Waals surface area contributed by atoms with Gasteiger partial charge in [-0.15, -0.1) is 0 Å². The third kappa shape index (κ3) is 4.88. The van der Waals surface area contributed by atoms with Crippen LogP contribution in [-0.2, 0) is 26.4 Å². The van der Waals surface area contributed by atoms with Gasteiger partial charge in [-0.05, 0) is 47.0 Å². The van der Waals surface area contributed by atoms with E-state index < -0.39 is 11.9 Å². The normalized spacial score (nSPS) is 11.6. The highest BCUT2D eigenvalue weighted by Gasteiger charge is 2.35. The van der Waals surface area contributed by atoms with Gasteiger partial charge in [0, 0.05) is 24.2 Å². The van der Waals surface area contributed by atoms with Crippen molar-refractivity contribution in [2.45, 2.75) is 19.3 Å². The lowest BCUT2D eigenvalue weighted by molar-refractivity contribution is -0.141. The zero-order valence-electron chi connectivity index (χ0n) is 18.1. The highest BCUT2D eigenvalue weighted by molar-refractivity contribution is 6.30. The van der Waals surface area contributed by atoms with Crippen LogP contribution >= 0.6 is 11.6 Å². The molecule has 0 spiro atoms. The molecule has 0 bridgehead atoms. The molecule has 34 heavy (non-hydrogen) atoms. The molecule has 0 radical (unpaired) electrons. The maximum atomic E-state index is 13.2. The number of alkyl halides is 3. The van der Waals surface area contributed by atoms with Gasteiger partial charge in [0.05, 0.1) is 11.3 Å². The molecule has 1 aromatic heterocycles. The number of benzene rings is 3. The number of rotatable bonds is 6. The third-order valence-corrected chi connectivity index (χ3v) is 5.62. The number of aromatic nitrogens is 2. The van der Waals surface area contributed by atoms with Gasteiger partial charge in [-0.25, -0.2) is 0 Å². The minimum Gasteiger partial charge on any atom is -0.506 e. The summed E-state index contributed by atoms with van der Waals surface area (Å²) >= 11 is 5.94. The molecule has 5 nitrogen and oxygen atoms in total. The van der Waals surface area contributed by atoms with Crippen molar-refractivity contribution in [3.05, 3.63) is 88.6 Å². The van der Waals surface area contributed by atoms with E-state index in [2.05, 4.69) is 5.10 Å². The van der Waals surface area contributed by atoms with Crippen LogP contribution in [0.25, 0.3) is 22.4 Å². The van der Waals surface area contributed by atoms with Crippen molar-refractivity contribution in [1.82, 2.24) is 9.78 Å². The Balaban J connectivity index is 1.80. The second-order valence-corrected chi connectivity index (χ2v) is 8.12. The Bertz CT molecular complexity index is 1300. The molecule has 0 saturated heterocycles. The molecule has 1 heterocycles. The molecule has 4 aromatic rings. The first kappa shape index (κ1) is 23.7. The molecule has 0 aliphatic heterocycles. The molecular formula is C25H21ClF3N3O2. The van der Waals surface area contributed by atoms with Crippen LogP contribution in [-0.4, -0.2) is 14.9 Å². The van der Waals surface area contributed by atoms with E-state index >= 15 is 0 Å². The number of ether oxygens (including phenoxy) is 1. The molecule has 0 atom stereocenters. The molecule has 0 fully saturated rings. The first-order valence-electron chi connectivity index (χ1n) is 10.3. The van der Waals surface area contributed by atoms with E-state index in [0.29, 0.717) is 28.4 Å². The molecule has 0 aliphatic rings. The van der Waals surface area contributed by atoms with E-state index in [1.165, 1.54) is 13.1 Å². The molecule has 0 aliphatic carbocycles. The van der Waals surface area contributed by atoms with Gasteiger partial charge in [-0.1, -0.05) is 48.0 Å². The lowest BCUT2D eigenvalue weighted by atomic mass is 9.97. The highest BCUT2D eigenvalue weighted by atomic mass is 35.5. The second-order valence-electron chi connectivity index (χ2n) is 7.69. The summed E-state index contributed by atoms with van der Waals surface area (Å²) < 4.78 is 46.7. The summed E-state index contributed by atoms with van der Waals surface area (Å²) in [7, 11) is 1.39. The van der Waals surface area contributed by atoms with Crippen molar-refractivity contribution in [2.75, 3.05) is 0 Å². The van der Waals surface area contributed by atoms with Crippen LogP contribution in [0.15, 0.2) is 66.7 Å². The molecule has 3 aromatic carbocycles. The molecular weight excluding hydrogens is 467 g/mol. The van der Waals surface area contributed by atoms with E-state index in [4.69, 9.17) is 22.1 Å². The van der Waals surface area contributed by atoms with Crippen molar-refractivity contribution in [2.24, 2.45) is 12.8 Å². The molecule has 0 amide bonds. The fraction of sp³-hybridized carbons (Fsp3) is 0.160. The Morgan fingerprint density at radius 1 is 1.00 bits per heavy atom. The number of nitrogens with two attached hydrogens (primary N) is 1. The van der Waals surface area contributed by atoms with E-state index in [-0.39, 0.29) is 23.6 Å². The quantitative estimate of drug-likeness (QED) is 0.341. The largest absolute Gasteiger partial charge is 0.506 e. The maximum absolute atomic E-state index is 13.2. The van der Waals surface area contributed by atoms with E-state index in [9.17, 15) is 18.3 Å². The van der Waals surface area contributed by atoms with Crippen LogP contribution < -0.4 is 10.5 Å². The molecule has 9 heteroatoms. The van der Waals surface area contributed by atoms with Gasteiger partial charge < -0.3 is 15.6 Å². The van der Waals surface area contributed by atoms with Gasteiger partial charge >= 0.3 is 6.18 Å². The van der Waals surface area contributed by atoms with Gasteiger partial charge in [0.1, 0.15) is 18.1 Å². The molecule has 176 valence electrons. The van der Waals surface area contributed by atoms with Crippen LogP contribution in [0.1, 0.15) is 16.8 Å². The predicted octanol–water partition coefficient (Wildman–Crippen LogP) is 6.17. The summed E-state index contributed by atoms with van der Waals surface area (Å²) in [6.45, 7) is 0.551. The van der Waals surface area contributed by atoms with E-state index in [0.717, 1.165) is 21.9 Å². The number of nitrogens with zero attached hydrogens (tertiary/aromatic N) is 2. The number of phenols is 1. The number of hydrogen-bond acceptors (Lipinski definition) is 4. The van der Waals surface area contributed by atoms with Crippen molar-refractivity contribution in [3.63, 3.8) is 0 Å². The first-order valence-corrected chi connectivity index (χ1v) is 10.7. The first-order chi connectivity index (χ1) is 16.2. The Morgan fingerprint density at radius 3 is 2.24 bits per heavy atom. The zero-order chi connectivity index (χ0) is 24.5. The Labute approximate surface area is 199 Å². The van der Waals surface area contributed by atoms with Crippen molar-refractivity contribution >= 4 is 11.6 Å². The molecule has 4 rings (SSSR count). The van der Waals surface area contributed by atoms with E-state index in [1.807, 2.05) is 24.3 Å². The number of halogens is 4. The number of aromatic hydroxyl groups is 1. The third-order valence-electron chi connectivity index (χ3n) is 5.37. The smallest absolute Gasteiger partial charge is 0.435 e. The summed E-state index contributed by atoms with van der Waals surface area (Å²) in [6, 6.07) is 18.4. The Kier molecular flexibility index (Phi) is 6.54. The van der Waals surface area contributed by atoms with Crippen LogP contribution in [0, 0.1) is 0 Å². The topological polar surface area (TPSA) is 73.3 Å². The van der Waals surface area contributed by atoms with Gasteiger partial charge in [0.25, 0.3) is 0 Å². The van der Waals surface area contributed by atoms with E-state index in [1.54, 1.807) is 30.3 Å². The van der Waals surface area contributed by atoms with Crippen LogP contribution in [0.4, 0.5) is 13.2 Å². The summed E-state index contributed by atoms with van der Waals surface area (Å²) in [5.41, 5.74) is 7.70. The summed E-state index contributed by atoms with van der Waals surface area (Å²) in [6.07, 6.45) is -4.60. The molecule has 0 unspecified atom stereocenters. The highest BCUT2D eigenvalue weighted by Crippen LogP contribution is 2.45. The summed E-state index contributed by atoms with van der Waals surface area (Å²) in [5.74, 6) is 0.153. The Morgan fingerprint density at radius 2 is 1.65 bits per heavy atom. The van der Waals surface area contributed by atoms with Gasteiger partial charge in [-0.2, -0.15) is 18.3 Å². The number of aryl methyl sites for hydroxylation is 1. The monoisotopic (exact) mass is 487 g/mol. The second kappa shape index (κ2) is 9.40. The minimum atomic E-state index is -4.60. The van der Waals surface area contributed by atoms with Crippen molar-refractivity contribution in [1.29, 1.82) is 0 Å². The summed E-state index contributed by atoms with van der Waals surface area (Å²) in [5, 5.41) is 15.4. The average molecular weight is 488 g/mol. The minimum absolute atomic E-state index is 0.119. The van der Waals surface area contributed by atoms with Crippen molar-refractivity contribution in [3.8, 4) is 33.9 Å².